The third-order valence-electron chi connectivity index (χ3n) is 2.49. The summed E-state index contributed by atoms with van der Waals surface area (Å²) >= 11 is 5.70. The van der Waals surface area contributed by atoms with E-state index < -0.39 is 5.82 Å². The van der Waals surface area contributed by atoms with Gasteiger partial charge in [-0.1, -0.05) is 16.8 Å². The van der Waals surface area contributed by atoms with E-state index in [0.717, 1.165) is 12.8 Å². The average molecular weight is 270 g/mol. The molecule has 1 aromatic carbocycles. The number of rotatable bonds is 5. The Hall–Kier alpha value is -1.46. The van der Waals surface area contributed by atoms with Gasteiger partial charge in [-0.05, 0) is 37.6 Å². The Balaban J connectivity index is 2.11. The summed E-state index contributed by atoms with van der Waals surface area (Å²) < 4.78 is 18.1. The molecule has 6 heteroatoms. The zero-order valence-electron chi connectivity index (χ0n) is 9.70. The number of benzene rings is 1. The SMILES string of the molecule is NCCCCc1nc(-c2ccc(F)c(Cl)c2)no1. The molecule has 0 fully saturated rings. The zero-order valence-corrected chi connectivity index (χ0v) is 10.5. The van der Waals surface area contributed by atoms with Crippen molar-refractivity contribution in [2.45, 2.75) is 19.3 Å². The van der Waals surface area contributed by atoms with Crippen molar-refractivity contribution in [3.63, 3.8) is 0 Å². The van der Waals surface area contributed by atoms with Crippen LogP contribution in [-0.2, 0) is 6.42 Å². The van der Waals surface area contributed by atoms with Crippen molar-refractivity contribution in [3.05, 3.63) is 34.9 Å². The molecular formula is C12H13ClFN3O. The maximum Gasteiger partial charge on any atom is 0.226 e. The smallest absolute Gasteiger partial charge is 0.226 e. The van der Waals surface area contributed by atoms with Crippen molar-refractivity contribution in [2.24, 2.45) is 5.73 Å². The number of hydrogen-bond donors (Lipinski definition) is 1. The Bertz CT molecular complexity index is 530. The first-order valence-electron chi connectivity index (χ1n) is 5.69. The quantitative estimate of drug-likeness (QED) is 0.848. The Morgan fingerprint density at radius 2 is 2.17 bits per heavy atom. The van der Waals surface area contributed by atoms with Gasteiger partial charge in [-0.15, -0.1) is 0 Å². The minimum absolute atomic E-state index is 0.0435. The van der Waals surface area contributed by atoms with E-state index in [-0.39, 0.29) is 5.02 Å². The van der Waals surface area contributed by atoms with Crippen molar-refractivity contribution in [1.29, 1.82) is 0 Å². The summed E-state index contributed by atoms with van der Waals surface area (Å²) in [7, 11) is 0. The number of hydrogen-bond acceptors (Lipinski definition) is 4. The summed E-state index contributed by atoms with van der Waals surface area (Å²) in [4.78, 5) is 4.22. The van der Waals surface area contributed by atoms with Crippen molar-refractivity contribution in [1.82, 2.24) is 10.1 Å². The topological polar surface area (TPSA) is 64.9 Å². The van der Waals surface area contributed by atoms with Crippen LogP contribution in [0.15, 0.2) is 22.7 Å². The molecule has 0 unspecified atom stereocenters. The Labute approximate surface area is 109 Å². The molecule has 4 nitrogen and oxygen atoms in total. The normalized spacial score (nSPS) is 10.8. The highest BCUT2D eigenvalue weighted by Crippen LogP contribution is 2.22. The van der Waals surface area contributed by atoms with Gasteiger partial charge in [0.15, 0.2) is 0 Å². The van der Waals surface area contributed by atoms with Gasteiger partial charge in [0.2, 0.25) is 11.7 Å². The van der Waals surface area contributed by atoms with Crippen molar-refractivity contribution in [3.8, 4) is 11.4 Å². The van der Waals surface area contributed by atoms with Crippen LogP contribution in [0.1, 0.15) is 18.7 Å². The number of nitrogens with zero attached hydrogens (tertiary/aromatic N) is 2. The van der Waals surface area contributed by atoms with Gasteiger partial charge in [0, 0.05) is 12.0 Å². The second-order valence-electron chi connectivity index (χ2n) is 3.89. The highest BCUT2D eigenvalue weighted by molar-refractivity contribution is 6.31. The first-order chi connectivity index (χ1) is 8.70. The van der Waals surface area contributed by atoms with Crippen LogP contribution < -0.4 is 5.73 Å². The number of halogens is 2. The van der Waals surface area contributed by atoms with E-state index in [1.54, 1.807) is 6.07 Å². The van der Waals surface area contributed by atoms with Gasteiger partial charge >= 0.3 is 0 Å². The van der Waals surface area contributed by atoms with Crippen molar-refractivity contribution in [2.75, 3.05) is 6.54 Å². The molecule has 0 amide bonds. The summed E-state index contributed by atoms with van der Waals surface area (Å²) in [5, 5.41) is 3.88. The maximum atomic E-state index is 13.0. The van der Waals surface area contributed by atoms with E-state index in [1.165, 1.54) is 12.1 Å². The maximum absolute atomic E-state index is 13.0. The summed E-state index contributed by atoms with van der Waals surface area (Å²) in [6, 6.07) is 4.32. The van der Waals surface area contributed by atoms with E-state index in [1.807, 2.05) is 0 Å². The lowest BCUT2D eigenvalue weighted by Crippen LogP contribution is -1.99. The Morgan fingerprint density at radius 3 is 2.89 bits per heavy atom. The lowest BCUT2D eigenvalue weighted by atomic mass is 10.2. The van der Waals surface area contributed by atoms with E-state index in [2.05, 4.69) is 10.1 Å². The molecule has 1 heterocycles. The first-order valence-corrected chi connectivity index (χ1v) is 6.06. The van der Waals surface area contributed by atoms with Crippen LogP contribution in [0.4, 0.5) is 4.39 Å². The highest BCUT2D eigenvalue weighted by atomic mass is 35.5. The minimum Gasteiger partial charge on any atom is -0.339 e. The van der Waals surface area contributed by atoms with E-state index in [0.29, 0.717) is 30.2 Å². The van der Waals surface area contributed by atoms with Crippen LogP contribution in [0.2, 0.25) is 5.02 Å². The Kier molecular flexibility index (Phi) is 4.28. The van der Waals surface area contributed by atoms with Crippen LogP contribution in [0, 0.1) is 5.82 Å². The summed E-state index contributed by atoms with van der Waals surface area (Å²) in [5.74, 6) is 0.505. The molecule has 0 aliphatic rings. The monoisotopic (exact) mass is 269 g/mol. The summed E-state index contributed by atoms with van der Waals surface area (Å²) in [6.45, 7) is 0.647. The second kappa shape index (κ2) is 5.93. The zero-order chi connectivity index (χ0) is 13.0. The standard InChI is InChI=1S/C12H13ClFN3O/c13-9-7-8(4-5-10(9)14)12-16-11(18-17-12)3-1-2-6-15/h4-5,7H,1-3,6,15H2. The van der Waals surface area contributed by atoms with E-state index in [9.17, 15) is 4.39 Å². The van der Waals surface area contributed by atoms with Gasteiger partial charge < -0.3 is 10.3 Å². The van der Waals surface area contributed by atoms with Gasteiger partial charge in [0.05, 0.1) is 5.02 Å². The summed E-state index contributed by atoms with van der Waals surface area (Å²) in [6.07, 6.45) is 2.52. The Morgan fingerprint density at radius 1 is 1.33 bits per heavy atom. The van der Waals surface area contributed by atoms with Crippen molar-refractivity contribution < 1.29 is 8.91 Å². The highest BCUT2D eigenvalue weighted by Gasteiger charge is 2.10. The summed E-state index contributed by atoms with van der Waals surface area (Å²) in [5.41, 5.74) is 6.04. The number of unbranched alkanes of at least 4 members (excludes halogenated alkanes) is 1. The molecule has 0 saturated heterocycles. The number of nitrogens with two attached hydrogens (primary N) is 1. The molecule has 0 radical (unpaired) electrons. The lowest BCUT2D eigenvalue weighted by Gasteiger charge is -1.96. The van der Waals surface area contributed by atoms with Gasteiger partial charge in [-0.25, -0.2) is 4.39 Å². The largest absolute Gasteiger partial charge is 0.339 e. The van der Waals surface area contributed by atoms with Crippen LogP contribution in [0.3, 0.4) is 0 Å². The number of aryl methyl sites for hydroxylation is 1. The average Bonchev–Trinajstić information content (AvgIpc) is 2.82. The van der Waals surface area contributed by atoms with E-state index >= 15 is 0 Å². The van der Waals surface area contributed by atoms with Crippen LogP contribution in [0.5, 0.6) is 0 Å². The van der Waals surface area contributed by atoms with Gasteiger partial charge in [-0.2, -0.15) is 4.98 Å². The van der Waals surface area contributed by atoms with Gasteiger partial charge in [0.25, 0.3) is 0 Å². The fraction of sp³-hybridized carbons (Fsp3) is 0.333. The van der Waals surface area contributed by atoms with Crippen LogP contribution in [-0.4, -0.2) is 16.7 Å². The molecule has 1 aromatic heterocycles. The molecule has 2 aromatic rings. The van der Waals surface area contributed by atoms with Gasteiger partial charge in [0.1, 0.15) is 5.82 Å². The first kappa shape index (κ1) is 13.0. The minimum atomic E-state index is -0.466. The fourth-order valence-corrected chi connectivity index (χ4v) is 1.71. The predicted octanol–water partition coefficient (Wildman–Crippen LogP) is 2.81. The fourth-order valence-electron chi connectivity index (χ4n) is 1.53. The van der Waals surface area contributed by atoms with Crippen LogP contribution >= 0.6 is 11.6 Å². The third-order valence-corrected chi connectivity index (χ3v) is 2.78. The second-order valence-corrected chi connectivity index (χ2v) is 4.29. The lowest BCUT2D eigenvalue weighted by molar-refractivity contribution is 0.375. The molecule has 0 saturated carbocycles. The predicted molar refractivity (Wildman–Crippen MR) is 66.7 cm³/mol. The molecule has 2 rings (SSSR count). The van der Waals surface area contributed by atoms with Gasteiger partial charge in [-0.3, -0.25) is 0 Å². The molecule has 0 atom stereocenters. The molecule has 96 valence electrons. The molecular weight excluding hydrogens is 257 g/mol. The number of aromatic nitrogens is 2. The molecule has 2 N–H and O–H groups in total. The molecule has 0 aliphatic carbocycles. The molecule has 0 aliphatic heterocycles. The van der Waals surface area contributed by atoms with E-state index in [4.69, 9.17) is 21.9 Å². The van der Waals surface area contributed by atoms with Crippen LogP contribution in [0.25, 0.3) is 11.4 Å². The third kappa shape index (κ3) is 3.05. The van der Waals surface area contributed by atoms with Crippen molar-refractivity contribution >= 4 is 11.6 Å². The molecule has 18 heavy (non-hydrogen) atoms. The molecule has 0 bridgehead atoms. The molecule has 0 spiro atoms.